The predicted molar refractivity (Wildman–Crippen MR) is 104 cm³/mol. The van der Waals surface area contributed by atoms with Gasteiger partial charge in [0.2, 0.25) is 11.5 Å². The van der Waals surface area contributed by atoms with Crippen LogP contribution < -0.4 is 15.3 Å². The van der Waals surface area contributed by atoms with E-state index in [2.05, 4.69) is 10.3 Å². The molecule has 0 spiro atoms. The molecule has 0 bridgehead atoms. The summed E-state index contributed by atoms with van der Waals surface area (Å²) in [6.45, 7) is 2.25. The normalized spacial score (nSPS) is 11.1. The standard InChI is InChI=1S/C20H16N4O4S/c1-2-23-18(26)14-10-6-7-11-15(14)21-20(23)29-12-16(25)17-19(27)28-22-24(17)13-8-4-3-5-9-13/h3-11H,2,12H2,1H3. The van der Waals surface area contributed by atoms with E-state index in [1.165, 1.54) is 9.25 Å². The summed E-state index contributed by atoms with van der Waals surface area (Å²) in [5, 5.41) is 16.7. The Kier molecular flexibility index (Phi) is 5.13. The van der Waals surface area contributed by atoms with Gasteiger partial charge in [-0.2, -0.15) is 0 Å². The zero-order chi connectivity index (χ0) is 20.4. The number of carbonyl (C=O) groups is 1. The van der Waals surface area contributed by atoms with E-state index in [9.17, 15) is 14.7 Å². The lowest BCUT2D eigenvalue weighted by atomic mass is 10.2. The van der Waals surface area contributed by atoms with Gasteiger partial charge in [-0.05, 0) is 23.7 Å². The van der Waals surface area contributed by atoms with Gasteiger partial charge in [0.25, 0.3) is 5.56 Å². The molecule has 9 heteroatoms. The molecule has 0 fully saturated rings. The molecule has 8 nitrogen and oxygen atoms in total. The van der Waals surface area contributed by atoms with Crippen LogP contribution in [-0.4, -0.2) is 26.4 Å². The molecule has 0 aliphatic carbocycles. The van der Waals surface area contributed by atoms with Crippen LogP contribution in [0.3, 0.4) is 0 Å². The number of hydrogen-bond donors (Lipinski definition) is 0. The molecule has 2 aromatic carbocycles. The Morgan fingerprint density at radius 2 is 1.90 bits per heavy atom. The molecule has 0 radical (unpaired) electrons. The second-order valence-electron chi connectivity index (χ2n) is 6.13. The Morgan fingerprint density at radius 3 is 2.66 bits per heavy atom. The highest BCUT2D eigenvalue weighted by molar-refractivity contribution is 7.99. The molecule has 0 aliphatic heterocycles. The third-order valence-corrected chi connectivity index (χ3v) is 5.33. The van der Waals surface area contributed by atoms with Gasteiger partial charge in [0, 0.05) is 18.7 Å². The Bertz CT molecular complexity index is 1250. The number of fused-ring (bicyclic) bond motifs is 1. The van der Waals surface area contributed by atoms with Crippen LogP contribution >= 0.6 is 11.8 Å². The van der Waals surface area contributed by atoms with Crippen LogP contribution in [0, 0.1) is 0 Å². The molecule has 0 atom stereocenters. The van der Waals surface area contributed by atoms with Gasteiger partial charge in [0.05, 0.1) is 21.9 Å². The lowest BCUT2D eigenvalue weighted by molar-refractivity contribution is -0.672. The van der Waals surface area contributed by atoms with E-state index in [0.29, 0.717) is 28.3 Å². The van der Waals surface area contributed by atoms with Gasteiger partial charge in [-0.15, -0.1) is 0 Å². The molecule has 0 saturated heterocycles. The van der Waals surface area contributed by atoms with Crippen molar-refractivity contribution in [2.45, 2.75) is 18.6 Å². The average molecular weight is 408 g/mol. The molecule has 4 aromatic rings. The first kappa shape index (κ1) is 18.9. The summed E-state index contributed by atoms with van der Waals surface area (Å²) < 4.78 is 7.40. The Labute approximate surface area is 169 Å². The summed E-state index contributed by atoms with van der Waals surface area (Å²) in [7, 11) is 0. The van der Waals surface area contributed by atoms with E-state index < -0.39 is 11.7 Å². The third-order valence-electron chi connectivity index (χ3n) is 4.35. The highest BCUT2D eigenvalue weighted by Crippen LogP contribution is 2.20. The number of ketones is 1. The third kappa shape index (κ3) is 3.52. The van der Waals surface area contributed by atoms with Crippen molar-refractivity contribution in [1.82, 2.24) is 14.8 Å². The van der Waals surface area contributed by atoms with Gasteiger partial charge in [-0.3, -0.25) is 14.2 Å². The number of thioether (sulfide) groups is 1. The molecule has 29 heavy (non-hydrogen) atoms. The Hall–Kier alpha value is -3.46. The number of aromatic nitrogens is 4. The first-order chi connectivity index (χ1) is 14.1. The minimum atomic E-state index is -0.807. The summed E-state index contributed by atoms with van der Waals surface area (Å²) in [5.74, 6) is -1.36. The SMILES string of the molecule is CCn1c(SCC(=O)c2c([O-])on[n+]2-c2ccccc2)nc2ccccc2c1=O. The Morgan fingerprint density at radius 1 is 1.17 bits per heavy atom. The van der Waals surface area contributed by atoms with E-state index in [1.54, 1.807) is 48.5 Å². The summed E-state index contributed by atoms with van der Waals surface area (Å²) in [6.07, 6.45) is 0. The van der Waals surface area contributed by atoms with Crippen LogP contribution in [-0.2, 0) is 6.54 Å². The van der Waals surface area contributed by atoms with Gasteiger partial charge in [0.15, 0.2) is 11.1 Å². The highest BCUT2D eigenvalue weighted by atomic mass is 32.2. The van der Waals surface area contributed by atoms with E-state index in [4.69, 9.17) is 4.52 Å². The second-order valence-corrected chi connectivity index (χ2v) is 7.07. The van der Waals surface area contributed by atoms with Crippen molar-refractivity contribution in [3.05, 3.63) is 70.6 Å². The van der Waals surface area contributed by atoms with Crippen molar-refractivity contribution in [3.8, 4) is 11.6 Å². The van der Waals surface area contributed by atoms with Crippen molar-refractivity contribution in [2.24, 2.45) is 0 Å². The molecule has 0 amide bonds. The summed E-state index contributed by atoms with van der Waals surface area (Å²) in [5.41, 5.74) is 0.767. The number of para-hydroxylation sites is 2. The number of benzene rings is 2. The monoisotopic (exact) mass is 408 g/mol. The van der Waals surface area contributed by atoms with Gasteiger partial charge < -0.3 is 9.63 Å². The van der Waals surface area contributed by atoms with Gasteiger partial charge in [-0.25, -0.2) is 4.98 Å². The topological polar surface area (TPSA) is 105 Å². The van der Waals surface area contributed by atoms with Gasteiger partial charge >= 0.3 is 5.69 Å². The highest BCUT2D eigenvalue weighted by Gasteiger charge is 2.27. The summed E-state index contributed by atoms with van der Waals surface area (Å²) in [6, 6.07) is 15.8. The first-order valence-electron chi connectivity index (χ1n) is 8.90. The van der Waals surface area contributed by atoms with Crippen LogP contribution in [0.5, 0.6) is 5.95 Å². The molecule has 0 aliphatic rings. The molecular weight excluding hydrogens is 392 g/mol. The first-order valence-corrected chi connectivity index (χ1v) is 9.88. The van der Waals surface area contributed by atoms with Crippen LogP contribution in [0.25, 0.3) is 16.6 Å². The number of Topliss-reactive ketones (excluding diaryl/α,β-unsaturated/α-hetero) is 1. The molecule has 2 aromatic heterocycles. The van der Waals surface area contributed by atoms with Crippen molar-refractivity contribution in [1.29, 1.82) is 0 Å². The lowest BCUT2D eigenvalue weighted by Crippen LogP contribution is -2.39. The fourth-order valence-electron chi connectivity index (χ4n) is 2.96. The molecule has 4 rings (SSSR count). The van der Waals surface area contributed by atoms with Crippen molar-refractivity contribution < 1.29 is 19.1 Å². The Balaban J connectivity index is 1.65. The number of rotatable bonds is 6. The van der Waals surface area contributed by atoms with E-state index in [-0.39, 0.29) is 17.0 Å². The van der Waals surface area contributed by atoms with Crippen LogP contribution in [0.4, 0.5) is 0 Å². The minimum Gasteiger partial charge on any atom is -0.539 e. The predicted octanol–water partition coefficient (Wildman–Crippen LogP) is 1.73. The zero-order valence-corrected chi connectivity index (χ0v) is 16.3. The van der Waals surface area contributed by atoms with Crippen LogP contribution in [0.2, 0.25) is 0 Å². The second kappa shape index (κ2) is 7.88. The maximum Gasteiger partial charge on any atom is 0.307 e. The summed E-state index contributed by atoms with van der Waals surface area (Å²) in [4.78, 5) is 30.0. The van der Waals surface area contributed by atoms with E-state index >= 15 is 0 Å². The minimum absolute atomic E-state index is 0.0892. The van der Waals surface area contributed by atoms with E-state index in [0.717, 1.165) is 11.8 Å². The molecule has 0 saturated carbocycles. The molecule has 146 valence electrons. The van der Waals surface area contributed by atoms with Crippen LogP contribution in [0.1, 0.15) is 17.4 Å². The maximum atomic E-state index is 12.8. The lowest BCUT2D eigenvalue weighted by Gasteiger charge is -2.10. The number of hydrogen-bond acceptors (Lipinski definition) is 7. The smallest absolute Gasteiger partial charge is 0.307 e. The van der Waals surface area contributed by atoms with Gasteiger partial charge in [0.1, 0.15) is 0 Å². The zero-order valence-electron chi connectivity index (χ0n) is 15.4. The van der Waals surface area contributed by atoms with Crippen molar-refractivity contribution >= 4 is 28.4 Å². The van der Waals surface area contributed by atoms with Crippen molar-refractivity contribution in [2.75, 3.05) is 5.75 Å². The van der Waals surface area contributed by atoms with E-state index in [1.807, 2.05) is 13.0 Å². The average Bonchev–Trinajstić information content (AvgIpc) is 3.14. The fourth-order valence-corrected chi connectivity index (χ4v) is 3.89. The largest absolute Gasteiger partial charge is 0.539 e. The molecule has 0 N–H and O–H groups in total. The number of nitrogens with zero attached hydrogens (tertiary/aromatic N) is 4. The van der Waals surface area contributed by atoms with Crippen LogP contribution in [0.15, 0.2) is 69.1 Å². The molecule has 0 unspecified atom stereocenters. The fraction of sp³-hybridized carbons (Fsp3) is 0.150. The maximum absolute atomic E-state index is 12.8. The molecular formula is C20H16N4O4S. The molecule has 2 heterocycles. The van der Waals surface area contributed by atoms with Gasteiger partial charge in [-0.1, -0.05) is 42.1 Å². The quantitative estimate of drug-likeness (QED) is 0.207. The summed E-state index contributed by atoms with van der Waals surface area (Å²) >= 11 is 1.10. The van der Waals surface area contributed by atoms with Crippen molar-refractivity contribution in [3.63, 3.8) is 0 Å². The number of carbonyl (C=O) groups excluding carboxylic acids is 1.